The minimum Gasteiger partial charge on any atom is -0.352 e. The smallest absolute Gasteiger partial charge is 0.283 e. The number of rotatable bonds is 7. The number of nitrogens with zero attached hydrogens (tertiary/aromatic N) is 1. The van der Waals surface area contributed by atoms with Crippen LogP contribution in [-0.4, -0.2) is 24.3 Å². The van der Waals surface area contributed by atoms with Gasteiger partial charge in [-0.2, -0.15) is 0 Å². The van der Waals surface area contributed by atoms with Crippen LogP contribution in [0.1, 0.15) is 15.9 Å². The number of amides is 3. The Morgan fingerprint density at radius 1 is 0.824 bits per heavy atom. The molecule has 0 saturated heterocycles. The van der Waals surface area contributed by atoms with Crippen molar-refractivity contribution in [1.82, 2.24) is 5.32 Å². The molecule has 9 heteroatoms. The van der Waals surface area contributed by atoms with E-state index in [1.165, 1.54) is 18.2 Å². The van der Waals surface area contributed by atoms with Gasteiger partial charge in [0, 0.05) is 17.8 Å². The first-order chi connectivity index (χ1) is 16.3. The number of hydrogen-bond donors (Lipinski definition) is 2. The topological polar surface area (TPSA) is 78.5 Å². The minimum atomic E-state index is -0.679. The Morgan fingerprint density at radius 2 is 1.53 bits per heavy atom. The van der Waals surface area contributed by atoms with Crippen molar-refractivity contribution in [2.24, 2.45) is 0 Å². The number of carbonyl (C=O) groups is 3. The highest BCUT2D eigenvalue weighted by Crippen LogP contribution is 2.33. The van der Waals surface area contributed by atoms with E-state index in [0.29, 0.717) is 22.8 Å². The lowest BCUT2D eigenvalue weighted by molar-refractivity contribution is -0.120. The fraction of sp³-hybridized carbons (Fsp3) is 0.0800. The number of carbonyl (C=O) groups excluding carboxylic acids is 3. The van der Waals surface area contributed by atoms with Crippen molar-refractivity contribution >= 4 is 63.9 Å². The Hall–Kier alpha value is -3.32. The van der Waals surface area contributed by atoms with Gasteiger partial charge in [-0.15, -0.1) is 0 Å². The largest absolute Gasteiger partial charge is 0.352 e. The van der Waals surface area contributed by atoms with Crippen molar-refractivity contribution in [1.29, 1.82) is 0 Å². The molecule has 0 radical (unpaired) electrons. The van der Waals surface area contributed by atoms with E-state index in [-0.39, 0.29) is 27.3 Å². The summed E-state index contributed by atoms with van der Waals surface area (Å²) in [4.78, 5) is 38.8. The number of benzene rings is 3. The summed E-state index contributed by atoms with van der Waals surface area (Å²) in [6, 6.07) is 20.8. The zero-order valence-electron chi connectivity index (χ0n) is 17.6. The third-order valence-corrected chi connectivity index (χ3v) is 6.24. The predicted molar refractivity (Wildman–Crippen MR) is 134 cm³/mol. The molecule has 0 bridgehead atoms. The van der Waals surface area contributed by atoms with E-state index in [0.717, 1.165) is 16.9 Å². The van der Waals surface area contributed by atoms with Crippen LogP contribution in [0.4, 0.5) is 11.4 Å². The summed E-state index contributed by atoms with van der Waals surface area (Å²) in [5.41, 5.74) is 2.27. The molecular formula is C25H18Cl3N3O3. The molecule has 0 saturated carbocycles. The van der Waals surface area contributed by atoms with Gasteiger partial charge in [-0.05, 0) is 54.4 Å². The third kappa shape index (κ3) is 5.09. The number of halogens is 3. The average molecular weight is 515 g/mol. The number of anilines is 2. The Labute approximate surface area is 211 Å². The van der Waals surface area contributed by atoms with Gasteiger partial charge in [0.15, 0.2) is 0 Å². The van der Waals surface area contributed by atoms with Gasteiger partial charge < -0.3 is 10.6 Å². The molecule has 34 heavy (non-hydrogen) atoms. The van der Waals surface area contributed by atoms with E-state index in [2.05, 4.69) is 10.6 Å². The van der Waals surface area contributed by atoms with Gasteiger partial charge in [0.05, 0.1) is 15.7 Å². The number of nitrogens with one attached hydrogen (secondary N) is 2. The summed E-state index contributed by atoms with van der Waals surface area (Å²) < 4.78 is 0. The van der Waals surface area contributed by atoms with E-state index >= 15 is 0 Å². The molecule has 1 aliphatic rings. The van der Waals surface area contributed by atoms with Crippen LogP contribution in [-0.2, 0) is 16.0 Å². The van der Waals surface area contributed by atoms with Gasteiger partial charge in [0.1, 0.15) is 10.7 Å². The first-order valence-electron chi connectivity index (χ1n) is 10.3. The summed E-state index contributed by atoms with van der Waals surface area (Å²) in [6.45, 7) is 0.506. The van der Waals surface area contributed by atoms with Crippen LogP contribution in [0.2, 0.25) is 10.0 Å². The van der Waals surface area contributed by atoms with Crippen molar-refractivity contribution in [3.8, 4) is 0 Å². The average Bonchev–Trinajstić information content (AvgIpc) is 3.05. The Bertz CT molecular complexity index is 1290. The second-order valence-corrected chi connectivity index (χ2v) is 8.62. The lowest BCUT2D eigenvalue weighted by Gasteiger charge is -2.15. The molecule has 1 heterocycles. The van der Waals surface area contributed by atoms with E-state index in [1.807, 2.05) is 30.3 Å². The van der Waals surface area contributed by atoms with Gasteiger partial charge in [0.25, 0.3) is 17.7 Å². The third-order valence-electron chi connectivity index (χ3n) is 5.15. The van der Waals surface area contributed by atoms with Gasteiger partial charge in [-0.3, -0.25) is 14.4 Å². The molecule has 0 spiro atoms. The quantitative estimate of drug-likeness (QED) is 0.414. The van der Waals surface area contributed by atoms with Crippen LogP contribution in [0, 0.1) is 0 Å². The highest BCUT2D eigenvalue weighted by Gasteiger charge is 2.39. The zero-order chi connectivity index (χ0) is 24.2. The van der Waals surface area contributed by atoms with Crippen molar-refractivity contribution in [3.05, 3.63) is 105 Å². The van der Waals surface area contributed by atoms with Gasteiger partial charge in [-0.25, -0.2) is 4.90 Å². The van der Waals surface area contributed by atoms with Crippen LogP contribution in [0.25, 0.3) is 0 Å². The Balaban J connectivity index is 1.40. The molecule has 1 aliphatic heterocycles. The summed E-state index contributed by atoms with van der Waals surface area (Å²) in [5, 5.41) is 6.00. The van der Waals surface area contributed by atoms with Crippen molar-refractivity contribution < 1.29 is 14.4 Å². The van der Waals surface area contributed by atoms with Crippen LogP contribution in [0.5, 0.6) is 0 Å². The number of hydrogen-bond acceptors (Lipinski definition) is 4. The highest BCUT2D eigenvalue weighted by molar-refractivity contribution is 6.53. The lowest BCUT2D eigenvalue weighted by atomic mass is 10.1. The maximum Gasteiger partial charge on any atom is 0.283 e. The molecule has 3 aromatic rings. The first kappa shape index (κ1) is 23.8. The molecule has 0 aliphatic carbocycles. The molecule has 4 rings (SSSR count). The van der Waals surface area contributed by atoms with E-state index in [1.54, 1.807) is 24.3 Å². The molecule has 0 aromatic heterocycles. The fourth-order valence-electron chi connectivity index (χ4n) is 3.39. The van der Waals surface area contributed by atoms with Crippen LogP contribution >= 0.6 is 34.8 Å². The van der Waals surface area contributed by atoms with Crippen molar-refractivity contribution in [2.75, 3.05) is 16.8 Å². The first-order valence-corrected chi connectivity index (χ1v) is 11.4. The normalized spacial score (nSPS) is 13.4. The maximum atomic E-state index is 12.9. The molecule has 172 valence electrons. The van der Waals surface area contributed by atoms with Gasteiger partial charge in [0.2, 0.25) is 0 Å². The standard InChI is InChI=1S/C25H18Cl3N3O3/c26-19-11-10-18(14-20(19)27)31-24(33)21(28)22(25(31)34)30-17-8-6-16(7-9-17)23(32)29-13-12-15-4-2-1-3-5-15/h1-11,14,30H,12-13H2,(H,29,32). The second-order valence-electron chi connectivity index (χ2n) is 7.43. The molecule has 0 unspecified atom stereocenters. The van der Waals surface area contributed by atoms with Crippen molar-refractivity contribution in [2.45, 2.75) is 6.42 Å². The van der Waals surface area contributed by atoms with E-state index in [9.17, 15) is 14.4 Å². The van der Waals surface area contributed by atoms with Gasteiger partial charge in [-0.1, -0.05) is 65.1 Å². The fourth-order valence-corrected chi connectivity index (χ4v) is 3.89. The van der Waals surface area contributed by atoms with Crippen molar-refractivity contribution in [3.63, 3.8) is 0 Å². The predicted octanol–water partition coefficient (Wildman–Crippen LogP) is 5.40. The van der Waals surface area contributed by atoms with Crippen LogP contribution < -0.4 is 15.5 Å². The van der Waals surface area contributed by atoms with Crippen LogP contribution in [0.3, 0.4) is 0 Å². The molecule has 3 aromatic carbocycles. The number of imide groups is 1. The highest BCUT2D eigenvalue weighted by atomic mass is 35.5. The summed E-state index contributed by atoms with van der Waals surface area (Å²) in [6.07, 6.45) is 0.727. The molecular weight excluding hydrogens is 497 g/mol. The zero-order valence-corrected chi connectivity index (χ0v) is 19.9. The Kier molecular flexibility index (Phi) is 7.22. The minimum absolute atomic E-state index is 0.0715. The molecule has 3 amide bonds. The SMILES string of the molecule is O=C(NCCc1ccccc1)c1ccc(NC2=C(Cl)C(=O)N(c3ccc(Cl)c(Cl)c3)C2=O)cc1. The van der Waals surface area contributed by atoms with Gasteiger partial charge >= 0.3 is 0 Å². The van der Waals surface area contributed by atoms with Crippen LogP contribution in [0.15, 0.2) is 83.5 Å². The summed E-state index contributed by atoms with van der Waals surface area (Å²) in [7, 11) is 0. The molecule has 2 N–H and O–H groups in total. The summed E-state index contributed by atoms with van der Waals surface area (Å²) >= 11 is 18.1. The molecule has 6 nitrogen and oxygen atoms in total. The van der Waals surface area contributed by atoms with E-state index in [4.69, 9.17) is 34.8 Å². The summed E-state index contributed by atoms with van der Waals surface area (Å²) in [5.74, 6) is -1.52. The lowest BCUT2D eigenvalue weighted by Crippen LogP contribution is -2.32. The molecule has 0 fully saturated rings. The molecule has 0 atom stereocenters. The second kappa shape index (κ2) is 10.3. The maximum absolute atomic E-state index is 12.9. The van der Waals surface area contributed by atoms with E-state index < -0.39 is 11.8 Å². The Morgan fingerprint density at radius 3 is 2.21 bits per heavy atom. The monoisotopic (exact) mass is 513 g/mol.